The Labute approximate surface area is 120 Å². The number of hydrogen-bond donors (Lipinski definition) is 2. The first-order valence-electron chi connectivity index (χ1n) is 5.35. The predicted molar refractivity (Wildman–Crippen MR) is 73.9 cm³/mol. The van der Waals surface area contributed by atoms with Crippen LogP contribution in [0.4, 0.5) is 0 Å². The molecular weight excluding hydrogens is 295 g/mol. The van der Waals surface area contributed by atoms with Crippen LogP contribution in [0.3, 0.4) is 0 Å². The number of carboxylic acids is 1. The average Bonchev–Trinajstić information content (AvgIpc) is 2.88. The minimum absolute atomic E-state index is 0.136. The summed E-state index contributed by atoms with van der Waals surface area (Å²) in [6.07, 6.45) is 0.732. The molecular formula is C12H12Cl2O3S. The zero-order valence-electron chi connectivity index (χ0n) is 9.56. The van der Waals surface area contributed by atoms with E-state index in [9.17, 15) is 4.79 Å². The molecule has 3 nitrogen and oxygen atoms in total. The van der Waals surface area contributed by atoms with Crippen LogP contribution in [0.25, 0.3) is 0 Å². The number of aliphatic carboxylic acids is 1. The molecule has 6 heteroatoms. The van der Waals surface area contributed by atoms with Crippen molar-refractivity contribution in [2.45, 2.75) is 28.5 Å². The van der Waals surface area contributed by atoms with E-state index in [0.29, 0.717) is 5.75 Å². The van der Waals surface area contributed by atoms with Crippen molar-refractivity contribution in [1.82, 2.24) is 0 Å². The minimum atomic E-state index is -1.55. The molecule has 0 heterocycles. The molecule has 1 N–H and O–H groups in total. The Kier molecular flexibility index (Phi) is 3.47. The molecule has 0 radical (unpaired) electrons. The highest BCUT2D eigenvalue weighted by molar-refractivity contribution is 7.82. The van der Waals surface area contributed by atoms with Crippen LogP contribution < -0.4 is 4.74 Å². The lowest BCUT2D eigenvalue weighted by atomic mass is 10.1. The largest absolute Gasteiger partial charge is 0.478 e. The van der Waals surface area contributed by atoms with Crippen molar-refractivity contribution in [1.29, 1.82) is 0 Å². The lowest BCUT2D eigenvalue weighted by molar-refractivity contribution is -0.146. The van der Waals surface area contributed by atoms with Gasteiger partial charge in [0.05, 0.1) is 0 Å². The summed E-state index contributed by atoms with van der Waals surface area (Å²) in [6, 6.07) is 7.04. The fourth-order valence-electron chi connectivity index (χ4n) is 1.62. The number of ether oxygens (including phenoxy) is 1. The van der Waals surface area contributed by atoms with Crippen molar-refractivity contribution in [3.8, 4) is 5.75 Å². The topological polar surface area (TPSA) is 46.5 Å². The van der Waals surface area contributed by atoms with Crippen LogP contribution in [0.1, 0.15) is 24.8 Å². The maximum atomic E-state index is 10.9. The summed E-state index contributed by atoms with van der Waals surface area (Å²) in [5.41, 5.74) is 1.02. The van der Waals surface area contributed by atoms with Crippen molar-refractivity contribution in [2.24, 2.45) is 0 Å². The van der Waals surface area contributed by atoms with Crippen molar-refractivity contribution in [2.75, 3.05) is 0 Å². The normalized spacial score (nSPS) is 24.1. The third-order valence-corrected chi connectivity index (χ3v) is 3.94. The number of carboxylic acid groups (broad SMARTS) is 1. The van der Waals surface area contributed by atoms with Crippen molar-refractivity contribution < 1.29 is 14.6 Å². The van der Waals surface area contributed by atoms with Gasteiger partial charge >= 0.3 is 5.97 Å². The molecule has 0 spiro atoms. The van der Waals surface area contributed by atoms with E-state index in [1.165, 1.54) is 6.92 Å². The second-order valence-electron chi connectivity index (χ2n) is 4.48. The monoisotopic (exact) mass is 306 g/mol. The number of alkyl halides is 2. The van der Waals surface area contributed by atoms with Crippen LogP contribution in [-0.4, -0.2) is 20.3 Å². The molecule has 1 saturated carbocycles. The van der Waals surface area contributed by atoms with Crippen LogP contribution in [0.5, 0.6) is 5.75 Å². The van der Waals surface area contributed by atoms with Gasteiger partial charge in [0.25, 0.3) is 0 Å². The fourth-order valence-corrected chi connectivity index (χ4v) is 2.28. The Bertz CT molecular complexity index is 471. The van der Waals surface area contributed by atoms with Crippen molar-refractivity contribution in [3.63, 3.8) is 0 Å². The van der Waals surface area contributed by atoms with Gasteiger partial charge in [-0.2, -0.15) is 0 Å². The van der Waals surface area contributed by atoms with Crippen molar-refractivity contribution in [3.05, 3.63) is 29.8 Å². The Balaban J connectivity index is 2.07. The van der Waals surface area contributed by atoms with Crippen LogP contribution >= 0.6 is 35.8 Å². The molecule has 0 aromatic heterocycles. The molecule has 0 aliphatic heterocycles. The summed E-state index contributed by atoms with van der Waals surface area (Å²) in [5, 5.41) is 8.89. The van der Waals surface area contributed by atoms with Crippen molar-refractivity contribution >= 4 is 41.8 Å². The zero-order chi connectivity index (χ0) is 13.6. The van der Waals surface area contributed by atoms with E-state index in [1.807, 2.05) is 12.1 Å². The quantitative estimate of drug-likeness (QED) is 0.509. The van der Waals surface area contributed by atoms with Crippen LogP contribution in [-0.2, 0) is 4.79 Å². The molecule has 18 heavy (non-hydrogen) atoms. The number of benzene rings is 1. The maximum absolute atomic E-state index is 10.9. The lowest BCUT2D eigenvalue weighted by Crippen LogP contribution is -2.35. The zero-order valence-corrected chi connectivity index (χ0v) is 12.0. The van der Waals surface area contributed by atoms with Gasteiger partial charge in [0.2, 0.25) is 4.93 Å². The summed E-state index contributed by atoms with van der Waals surface area (Å²) >= 11 is 15.9. The van der Waals surface area contributed by atoms with Gasteiger partial charge in [0, 0.05) is 5.92 Å². The van der Waals surface area contributed by atoms with E-state index in [1.54, 1.807) is 12.1 Å². The third kappa shape index (κ3) is 2.87. The van der Waals surface area contributed by atoms with Gasteiger partial charge < -0.3 is 9.84 Å². The molecule has 1 aromatic carbocycles. The summed E-state index contributed by atoms with van der Waals surface area (Å²) in [6.45, 7) is 1.37. The van der Waals surface area contributed by atoms with Crippen LogP contribution in [0.2, 0.25) is 0 Å². The first-order valence-corrected chi connectivity index (χ1v) is 6.55. The van der Waals surface area contributed by atoms with E-state index in [2.05, 4.69) is 12.6 Å². The number of carbonyl (C=O) groups is 1. The first kappa shape index (κ1) is 13.8. The fraction of sp³-hybridized carbons (Fsp3) is 0.417. The number of rotatable bonds is 4. The smallest absolute Gasteiger partial charge is 0.358 e. The first-order chi connectivity index (χ1) is 8.22. The molecule has 2 unspecified atom stereocenters. The highest BCUT2D eigenvalue weighted by Crippen LogP contribution is 2.59. The second-order valence-corrected chi connectivity index (χ2v) is 6.87. The van der Waals surface area contributed by atoms with Crippen LogP contribution in [0.15, 0.2) is 24.3 Å². The van der Waals surface area contributed by atoms with E-state index in [-0.39, 0.29) is 5.92 Å². The van der Waals surface area contributed by atoms with Gasteiger partial charge in [0.15, 0.2) is 0 Å². The summed E-state index contributed by atoms with van der Waals surface area (Å²) < 4.78 is 4.60. The van der Waals surface area contributed by atoms with Gasteiger partial charge in [0.1, 0.15) is 10.1 Å². The molecule has 1 aliphatic carbocycles. The molecule has 0 amide bonds. The van der Waals surface area contributed by atoms with Gasteiger partial charge in [-0.1, -0.05) is 12.1 Å². The second kappa shape index (κ2) is 4.51. The Morgan fingerprint density at radius 3 is 2.39 bits per heavy atom. The highest BCUT2D eigenvalue weighted by Gasteiger charge is 2.52. The van der Waals surface area contributed by atoms with E-state index < -0.39 is 15.2 Å². The van der Waals surface area contributed by atoms with Crippen LogP contribution in [0, 0.1) is 0 Å². The molecule has 0 saturated heterocycles. The Morgan fingerprint density at radius 1 is 1.50 bits per heavy atom. The number of halogens is 2. The number of thiol groups is 1. The molecule has 98 valence electrons. The summed E-state index contributed by atoms with van der Waals surface area (Å²) in [5.74, 6) is -0.566. The SMILES string of the molecule is CC(S)(Oc1ccc(C2CC2(Cl)Cl)cc1)C(=O)O. The van der Waals surface area contributed by atoms with Gasteiger partial charge in [-0.15, -0.1) is 35.8 Å². The average molecular weight is 307 g/mol. The molecule has 0 bridgehead atoms. The molecule has 1 fully saturated rings. The van der Waals surface area contributed by atoms with Gasteiger partial charge in [-0.05, 0) is 31.0 Å². The van der Waals surface area contributed by atoms with E-state index in [0.717, 1.165) is 12.0 Å². The van der Waals surface area contributed by atoms with Gasteiger partial charge in [-0.25, -0.2) is 4.79 Å². The molecule has 1 aromatic rings. The van der Waals surface area contributed by atoms with E-state index in [4.69, 9.17) is 33.0 Å². The molecule has 2 rings (SSSR count). The minimum Gasteiger partial charge on any atom is -0.478 e. The number of hydrogen-bond acceptors (Lipinski definition) is 3. The highest BCUT2D eigenvalue weighted by atomic mass is 35.5. The third-order valence-electron chi connectivity index (χ3n) is 2.82. The maximum Gasteiger partial charge on any atom is 0.358 e. The molecule has 1 aliphatic rings. The Morgan fingerprint density at radius 2 is 2.00 bits per heavy atom. The summed E-state index contributed by atoms with van der Waals surface area (Å²) in [4.78, 5) is 9.31. The van der Waals surface area contributed by atoms with E-state index >= 15 is 0 Å². The lowest BCUT2D eigenvalue weighted by Gasteiger charge is -2.20. The predicted octanol–water partition coefficient (Wildman–Crippen LogP) is 3.46. The Hall–Kier alpha value is -0.580. The van der Waals surface area contributed by atoms with Gasteiger partial charge in [-0.3, -0.25) is 0 Å². The molecule has 2 atom stereocenters. The summed E-state index contributed by atoms with van der Waals surface area (Å²) in [7, 11) is 0. The standard InChI is InChI=1S/C12H12Cl2O3S/c1-11(18,10(15)16)17-8-4-2-7(3-5-8)9-6-12(9,13)14/h2-5,9,18H,6H2,1H3,(H,15,16).